The lowest BCUT2D eigenvalue weighted by Gasteiger charge is -2.15. The Morgan fingerprint density at radius 2 is 1.89 bits per heavy atom. The number of carbonyl (C=O) groups excluding carboxylic acids is 1. The van der Waals surface area contributed by atoms with Crippen LogP contribution in [-0.4, -0.2) is 39.8 Å². The fraction of sp³-hybridized carbons (Fsp3) is 0.115. The first-order valence-corrected chi connectivity index (χ1v) is 11.2. The van der Waals surface area contributed by atoms with Gasteiger partial charge >= 0.3 is 0 Å². The monoisotopic (exact) mass is 507 g/mol. The maximum absolute atomic E-state index is 14.8. The number of hydrogen-bond donors (Lipinski definition) is 4. The summed E-state index contributed by atoms with van der Waals surface area (Å²) < 4.78 is 34.9. The Bertz CT molecular complexity index is 1460. The maximum Gasteiger partial charge on any atom is 0.267 e. The Morgan fingerprint density at radius 1 is 1.11 bits per heavy atom. The van der Waals surface area contributed by atoms with Crippen molar-refractivity contribution in [2.45, 2.75) is 6.04 Å². The van der Waals surface area contributed by atoms with E-state index in [0.717, 1.165) is 6.07 Å². The number of anilines is 2. The van der Waals surface area contributed by atoms with Gasteiger partial charge in [-0.3, -0.25) is 19.1 Å². The minimum atomic E-state index is -0.760. The zero-order valence-electron chi connectivity index (χ0n) is 19.4. The number of hydrogen-bond acceptors (Lipinski definition) is 7. The molecule has 9 nitrogen and oxygen atoms in total. The summed E-state index contributed by atoms with van der Waals surface area (Å²) >= 11 is 0. The smallest absolute Gasteiger partial charge is 0.267 e. The molecule has 0 saturated carbocycles. The third-order valence-electron chi connectivity index (χ3n) is 5.28. The summed E-state index contributed by atoms with van der Waals surface area (Å²) in [6.07, 6.45) is 4.40. The average Bonchev–Trinajstić information content (AvgIpc) is 2.90. The number of nitrogens with zero attached hydrogens (tertiary/aromatic N) is 2. The minimum Gasteiger partial charge on any atom is -0.452 e. The molecule has 0 spiro atoms. The highest BCUT2D eigenvalue weighted by atomic mass is 19.1. The van der Waals surface area contributed by atoms with Gasteiger partial charge in [0.05, 0.1) is 18.5 Å². The van der Waals surface area contributed by atoms with E-state index < -0.39 is 29.1 Å². The predicted octanol–water partition coefficient (Wildman–Crippen LogP) is 3.29. The highest BCUT2D eigenvalue weighted by molar-refractivity contribution is 6.04. The molecule has 2 aromatic heterocycles. The third kappa shape index (κ3) is 6.15. The van der Waals surface area contributed by atoms with Gasteiger partial charge in [-0.25, -0.2) is 8.78 Å². The molecule has 0 aliphatic heterocycles. The highest BCUT2D eigenvalue weighted by Gasteiger charge is 2.16. The first-order chi connectivity index (χ1) is 17.9. The molecule has 37 heavy (non-hydrogen) atoms. The molecule has 2 aromatic carbocycles. The van der Waals surface area contributed by atoms with E-state index in [-0.39, 0.29) is 35.9 Å². The van der Waals surface area contributed by atoms with Crippen LogP contribution in [0, 0.1) is 11.6 Å². The number of nitrogens with two attached hydrogens (primary N) is 1. The number of aliphatic hydroxyl groups excluding tert-OH is 1. The molecule has 0 bridgehead atoms. The first-order valence-electron chi connectivity index (χ1n) is 11.2. The Hall–Kier alpha value is -4.61. The zero-order valence-corrected chi connectivity index (χ0v) is 19.4. The number of rotatable bonds is 9. The van der Waals surface area contributed by atoms with Crippen molar-refractivity contribution in [2.75, 3.05) is 23.8 Å². The van der Waals surface area contributed by atoms with Crippen LogP contribution in [0.1, 0.15) is 10.4 Å². The normalized spacial score (nSPS) is 11.6. The van der Waals surface area contributed by atoms with E-state index in [1.54, 1.807) is 0 Å². The largest absolute Gasteiger partial charge is 0.452 e. The van der Waals surface area contributed by atoms with E-state index in [4.69, 9.17) is 15.6 Å². The Balaban J connectivity index is 1.49. The van der Waals surface area contributed by atoms with E-state index in [0.29, 0.717) is 11.4 Å². The quantitative estimate of drug-likeness (QED) is 0.273. The molecule has 1 atom stereocenters. The minimum absolute atomic E-state index is 0.105. The molecule has 190 valence electrons. The molecule has 0 saturated heterocycles. The van der Waals surface area contributed by atoms with Gasteiger partial charge in [0.25, 0.3) is 11.5 Å². The molecule has 2 heterocycles. The lowest BCUT2D eigenvalue weighted by Crippen LogP contribution is -2.32. The summed E-state index contributed by atoms with van der Waals surface area (Å²) in [6, 6.07) is 12.9. The number of amides is 1. The molecular formula is C26H23F2N5O4. The van der Waals surface area contributed by atoms with Crippen LogP contribution < -0.4 is 26.7 Å². The van der Waals surface area contributed by atoms with Gasteiger partial charge < -0.3 is 26.2 Å². The molecule has 11 heteroatoms. The molecule has 0 radical (unpaired) electrons. The summed E-state index contributed by atoms with van der Waals surface area (Å²) in [6.45, 7) is 0.0304. The SMILES string of the molecule is NC(CO)CNc1cnccc1Oc1ccc(NC(=O)c2cccn(-c3ccc(F)cc3)c2=O)cc1F. The molecule has 0 fully saturated rings. The van der Waals surface area contributed by atoms with Crippen LogP contribution in [0.2, 0.25) is 0 Å². The molecule has 0 aliphatic rings. The average molecular weight is 507 g/mol. The van der Waals surface area contributed by atoms with Crippen molar-refractivity contribution in [1.29, 1.82) is 0 Å². The second kappa shape index (κ2) is 11.4. The van der Waals surface area contributed by atoms with Crippen molar-refractivity contribution in [3.8, 4) is 17.2 Å². The molecular weight excluding hydrogens is 484 g/mol. The van der Waals surface area contributed by atoms with E-state index in [1.165, 1.54) is 77.8 Å². The van der Waals surface area contributed by atoms with Crippen molar-refractivity contribution in [3.05, 3.63) is 107 Å². The van der Waals surface area contributed by atoms with Gasteiger partial charge in [-0.1, -0.05) is 0 Å². The van der Waals surface area contributed by atoms with Crippen LogP contribution >= 0.6 is 0 Å². The number of halogens is 2. The molecule has 4 rings (SSSR count). The summed E-state index contributed by atoms with van der Waals surface area (Å²) in [5.41, 5.74) is 5.84. The first kappa shape index (κ1) is 25.5. The van der Waals surface area contributed by atoms with Crippen LogP contribution in [0.5, 0.6) is 11.5 Å². The van der Waals surface area contributed by atoms with Crippen molar-refractivity contribution >= 4 is 17.3 Å². The van der Waals surface area contributed by atoms with Crippen LogP contribution in [0.3, 0.4) is 0 Å². The van der Waals surface area contributed by atoms with Gasteiger partial charge in [0.1, 0.15) is 11.4 Å². The van der Waals surface area contributed by atoms with Gasteiger partial charge in [-0.15, -0.1) is 0 Å². The van der Waals surface area contributed by atoms with Crippen molar-refractivity contribution in [1.82, 2.24) is 9.55 Å². The highest BCUT2D eigenvalue weighted by Crippen LogP contribution is 2.31. The van der Waals surface area contributed by atoms with Gasteiger partial charge in [0.15, 0.2) is 17.3 Å². The van der Waals surface area contributed by atoms with Crippen LogP contribution in [-0.2, 0) is 0 Å². The summed E-state index contributed by atoms with van der Waals surface area (Å²) in [5, 5.41) is 14.6. The number of aliphatic hydroxyl groups is 1. The van der Waals surface area contributed by atoms with Crippen LogP contribution in [0.15, 0.2) is 84.0 Å². The Labute approximate surface area is 210 Å². The van der Waals surface area contributed by atoms with Gasteiger partial charge in [-0.05, 0) is 48.5 Å². The summed E-state index contributed by atoms with van der Waals surface area (Å²) in [5.74, 6) is -1.79. The topological polar surface area (TPSA) is 132 Å². The van der Waals surface area contributed by atoms with E-state index in [2.05, 4.69) is 15.6 Å². The van der Waals surface area contributed by atoms with E-state index in [9.17, 15) is 18.4 Å². The van der Waals surface area contributed by atoms with Crippen LogP contribution in [0.4, 0.5) is 20.2 Å². The Morgan fingerprint density at radius 3 is 2.62 bits per heavy atom. The lowest BCUT2D eigenvalue weighted by atomic mass is 10.2. The second-order valence-electron chi connectivity index (χ2n) is 7.97. The standard InChI is InChI=1S/C26H23F2N5O4/c27-16-3-6-19(7-4-16)33-11-1-2-20(26(33)36)25(35)32-18-5-8-23(21(28)12-18)37-24-9-10-30-14-22(24)31-13-17(29)15-34/h1-12,14,17,31,34H,13,15,29H2,(H,32,35). The lowest BCUT2D eigenvalue weighted by molar-refractivity contribution is 0.102. The fourth-order valence-corrected chi connectivity index (χ4v) is 3.36. The van der Waals surface area contributed by atoms with Gasteiger partial charge in [-0.2, -0.15) is 0 Å². The number of benzene rings is 2. The third-order valence-corrected chi connectivity index (χ3v) is 5.28. The Kier molecular flexibility index (Phi) is 7.86. The zero-order chi connectivity index (χ0) is 26.4. The van der Waals surface area contributed by atoms with E-state index in [1.807, 2.05) is 0 Å². The van der Waals surface area contributed by atoms with Crippen LogP contribution in [0.25, 0.3) is 5.69 Å². The number of nitrogens with one attached hydrogen (secondary N) is 2. The van der Waals surface area contributed by atoms with Gasteiger partial charge in [0.2, 0.25) is 0 Å². The van der Waals surface area contributed by atoms with E-state index >= 15 is 0 Å². The number of carbonyl (C=O) groups is 1. The summed E-state index contributed by atoms with van der Waals surface area (Å²) in [4.78, 5) is 29.6. The molecule has 5 N–H and O–H groups in total. The summed E-state index contributed by atoms with van der Waals surface area (Å²) in [7, 11) is 0. The molecule has 1 amide bonds. The van der Waals surface area contributed by atoms with Gasteiger partial charge in [0, 0.05) is 48.5 Å². The molecule has 1 unspecified atom stereocenters. The van der Waals surface area contributed by atoms with Crippen molar-refractivity contribution in [3.63, 3.8) is 0 Å². The second-order valence-corrected chi connectivity index (χ2v) is 7.97. The van der Waals surface area contributed by atoms with Crippen molar-refractivity contribution in [2.24, 2.45) is 5.73 Å². The van der Waals surface area contributed by atoms with Crippen molar-refractivity contribution < 1.29 is 23.4 Å². The number of ether oxygens (including phenoxy) is 1. The predicted molar refractivity (Wildman–Crippen MR) is 134 cm³/mol. The molecule has 4 aromatic rings. The number of aromatic nitrogens is 2. The number of pyridine rings is 2. The maximum atomic E-state index is 14.8. The fourth-order valence-electron chi connectivity index (χ4n) is 3.36. The molecule has 0 aliphatic carbocycles.